The van der Waals surface area contributed by atoms with Crippen LogP contribution in [0.3, 0.4) is 0 Å². The number of hydrogen-bond acceptors (Lipinski definition) is 1. The predicted molar refractivity (Wildman–Crippen MR) is 128 cm³/mol. The number of ether oxygens (including phenoxy) is 1. The molecular weight excluding hydrogens is 466 g/mol. The number of unbranched alkanes of at least 4 members (excludes halogenated alkanes) is 3. The standard InChI is InChI=1S/C14H12FO.3C4H9.Sn/c1-10-6-8-11(9-7-10)14-12(15)4-3-5-13(14)16-2;3*1-3-4-2;/h3-8H,1-2H3;3*1,3-4H2,2H3;. The first-order valence-electron chi connectivity index (χ1n) is 11.5. The number of halogens is 1. The van der Waals surface area contributed by atoms with E-state index in [1.165, 1.54) is 61.0 Å². The molecule has 29 heavy (non-hydrogen) atoms. The molecule has 1 nitrogen and oxygen atoms in total. The van der Waals surface area contributed by atoms with Crippen LogP contribution in [0.4, 0.5) is 4.39 Å². The molecule has 0 saturated carbocycles. The number of rotatable bonds is 12. The molecule has 0 fully saturated rings. The zero-order chi connectivity index (χ0) is 21.3. The van der Waals surface area contributed by atoms with E-state index in [4.69, 9.17) is 4.74 Å². The monoisotopic (exact) mass is 506 g/mol. The van der Waals surface area contributed by atoms with Crippen LogP contribution in [0.5, 0.6) is 5.75 Å². The van der Waals surface area contributed by atoms with Gasteiger partial charge in [0.25, 0.3) is 0 Å². The Bertz CT molecular complexity index is 750. The number of methoxy groups -OCH3 is 1. The molecule has 160 valence electrons. The minimum absolute atomic E-state index is 0.170. The Morgan fingerprint density at radius 2 is 1.45 bits per heavy atom. The molecule has 0 radical (unpaired) electrons. The molecule has 0 saturated heterocycles. The van der Waals surface area contributed by atoms with Gasteiger partial charge in [0.05, 0.1) is 0 Å². The normalized spacial score (nSPS) is 11.7. The van der Waals surface area contributed by atoms with E-state index in [1.807, 2.05) is 6.07 Å². The molecule has 0 bridgehead atoms. The molecule has 0 spiro atoms. The first kappa shape index (κ1) is 24.2. The topological polar surface area (TPSA) is 9.23 Å². The number of aryl methyl sites for hydroxylation is 1. The van der Waals surface area contributed by atoms with Crippen LogP contribution < -0.4 is 8.32 Å². The van der Waals surface area contributed by atoms with Gasteiger partial charge in [0, 0.05) is 0 Å². The summed E-state index contributed by atoms with van der Waals surface area (Å²) >= 11 is -2.73. The molecule has 2 rings (SSSR count). The van der Waals surface area contributed by atoms with Crippen molar-refractivity contribution < 1.29 is 9.13 Å². The summed E-state index contributed by atoms with van der Waals surface area (Å²) in [7, 11) is 1.65. The van der Waals surface area contributed by atoms with Crippen LogP contribution in [0.2, 0.25) is 13.3 Å². The summed E-state index contributed by atoms with van der Waals surface area (Å²) in [6.07, 6.45) is 7.60. The predicted octanol–water partition coefficient (Wildman–Crippen LogP) is 7.87. The van der Waals surface area contributed by atoms with Crippen molar-refractivity contribution in [3.05, 3.63) is 47.8 Å². The van der Waals surface area contributed by atoms with Crippen molar-refractivity contribution in [2.24, 2.45) is 0 Å². The fourth-order valence-corrected chi connectivity index (χ4v) is 21.6. The molecule has 0 unspecified atom stereocenters. The van der Waals surface area contributed by atoms with Gasteiger partial charge in [0.2, 0.25) is 0 Å². The molecule has 3 heteroatoms. The number of benzene rings is 2. The molecular formula is C26H39FOSn. The molecule has 0 aromatic heterocycles. The summed E-state index contributed by atoms with van der Waals surface area (Å²) in [5.41, 5.74) is 3.06. The minimum atomic E-state index is -2.73. The molecule has 0 N–H and O–H groups in total. The van der Waals surface area contributed by atoms with E-state index in [9.17, 15) is 0 Å². The first-order valence-corrected chi connectivity index (χ1v) is 18.9. The van der Waals surface area contributed by atoms with E-state index < -0.39 is 18.4 Å². The molecule has 0 heterocycles. The van der Waals surface area contributed by atoms with E-state index in [-0.39, 0.29) is 5.82 Å². The Hall–Kier alpha value is -1.03. The van der Waals surface area contributed by atoms with Crippen molar-refractivity contribution in [3.63, 3.8) is 0 Å². The van der Waals surface area contributed by atoms with Gasteiger partial charge in [-0.05, 0) is 0 Å². The van der Waals surface area contributed by atoms with Gasteiger partial charge >= 0.3 is 182 Å². The van der Waals surface area contributed by atoms with Gasteiger partial charge < -0.3 is 0 Å². The van der Waals surface area contributed by atoms with E-state index in [0.29, 0.717) is 11.3 Å². The van der Waals surface area contributed by atoms with Crippen LogP contribution in [0.15, 0.2) is 36.4 Å². The van der Waals surface area contributed by atoms with Crippen LogP contribution in [0.25, 0.3) is 11.1 Å². The zero-order valence-corrected chi connectivity index (χ0v) is 22.0. The van der Waals surface area contributed by atoms with Crippen LogP contribution in [-0.2, 0) is 0 Å². The summed E-state index contributed by atoms with van der Waals surface area (Å²) in [6, 6.07) is 11.9. The summed E-state index contributed by atoms with van der Waals surface area (Å²) in [5.74, 6) is 0.480. The summed E-state index contributed by atoms with van der Waals surface area (Å²) in [4.78, 5) is 0. The summed E-state index contributed by atoms with van der Waals surface area (Å²) in [5, 5.41) is 0. The number of hydrogen-bond donors (Lipinski definition) is 0. The third-order valence-corrected chi connectivity index (χ3v) is 21.9. The Kier molecular flexibility index (Phi) is 10.0. The molecule has 0 aliphatic heterocycles. The molecule has 2 aromatic carbocycles. The Morgan fingerprint density at radius 1 is 0.862 bits per heavy atom. The second-order valence-electron chi connectivity index (χ2n) is 8.46. The second kappa shape index (κ2) is 12.0. The maximum atomic E-state index is 15.1. The Labute approximate surface area is 181 Å². The average Bonchev–Trinajstić information content (AvgIpc) is 2.73. The average molecular weight is 505 g/mol. The summed E-state index contributed by atoms with van der Waals surface area (Å²) in [6.45, 7) is 9.08. The fraction of sp³-hybridized carbons (Fsp3) is 0.538. The Morgan fingerprint density at radius 3 is 1.97 bits per heavy atom. The third kappa shape index (κ3) is 5.99. The van der Waals surface area contributed by atoms with Crippen LogP contribution >= 0.6 is 0 Å². The van der Waals surface area contributed by atoms with Gasteiger partial charge in [-0.3, -0.25) is 0 Å². The maximum absolute atomic E-state index is 15.1. The van der Waals surface area contributed by atoms with Crippen molar-refractivity contribution in [1.29, 1.82) is 0 Å². The zero-order valence-electron chi connectivity index (χ0n) is 19.1. The van der Waals surface area contributed by atoms with Gasteiger partial charge in [-0.15, -0.1) is 0 Å². The van der Waals surface area contributed by atoms with Crippen LogP contribution in [-0.4, -0.2) is 25.5 Å². The molecule has 0 aliphatic carbocycles. The molecule has 0 aliphatic rings. The van der Waals surface area contributed by atoms with Crippen molar-refractivity contribution in [1.82, 2.24) is 0 Å². The Balaban J connectivity index is 2.74. The SMILES string of the molecule is CCC[CH2][Sn]([CH2]CCC)([CH2]CCC)[c]1cc(C)ccc1-c1c(F)cccc1OC. The third-order valence-electron chi connectivity index (χ3n) is 6.24. The van der Waals surface area contributed by atoms with Crippen molar-refractivity contribution >= 4 is 22.0 Å². The fourth-order valence-electron chi connectivity index (χ4n) is 4.58. The van der Waals surface area contributed by atoms with Crippen molar-refractivity contribution in [2.75, 3.05) is 7.11 Å². The van der Waals surface area contributed by atoms with E-state index >= 15 is 4.39 Å². The molecule has 0 amide bonds. The molecule has 2 aromatic rings. The second-order valence-corrected chi connectivity index (χ2v) is 21.6. The van der Waals surface area contributed by atoms with Crippen LogP contribution in [0, 0.1) is 12.7 Å². The van der Waals surface area contributed by atoms with Crippen molar-refractivity contribution in [3.8, 4) is 16.9 Å². The van der Waals surface area contributed by atoms with E-state index in [1.54, 1.807) is 19.2 Å². The van der Waals surface area contributed by atoms with Gasteiger partial charge in [-0.2, -0.15) is 0 Å². The van der Waals surface area contributed by atoms with Gasteiger partial charge in [-0.1, -0.05) is 0 Å². The van der Waals surface area contributed by atoms with E-state index in [0.717, 1.165) is 5.56 Å². The van der Waals surface area contributed by atoms with Gasteiger partial charge in [0.15, 0.2) is 0 Å². The first-order chi connectivity index (χ1) is 14.0. The van der Waals surface area contributed by atoms with E-state index in [2.05, 4.69) is 45.9 Å². The van der Waals surface area contributed by atoms with Gasteiger partial charge in [0.1, 0.15) is 0 Å². The van der Waals surface area contributed by atoms with Crippen molar-refractivity contribution in [2.45, 2.75) is 79.5 Å². The summed E-state index contributed by atoms with van der Waals surface area (Å²) < 4.78 is 26.3. The molecule has 0 atom stereocenters. The quantitative estimate of drug-likeness (QED) is 0.267. The van der Waals surface area contributed by atoms with Crippen LogP contribution in [0.1, 0.15) is 64.9 Å². The van der Waals surface area contributed by atoms with Gasteiger partial charge in [-0.25, -0.2) is 0 Å².